The molecule has 0 radical (unpaired) electrons. The molecule has 1 rings (SSSR count). The molecule has 0 spiro atoms. The lowest BCUT2D eigenvalue weighted by Gasteiger charge is -2.10. The van der Waals surface area contributed by atoms with E-state index in [2.05, 4.69) is 19.9 Å². The van der Waals surface area contributed by atoms with E-state index in [0.29, 0.717) is 5.57 Å². The molecule has 17 heavy (non-hydrogen) atoms. The standard InChI is InChI=1S/C15H22O2/c1-10(2)6-5-7-11(3)8-13-14(16)9-12(4)15(13)17/h6,8-9,13-14,16H,5,7H2,1-4H3/b11-8+/t13-,14+/m0/s1. The van der Waals surface area contributed by atoms with Crippen LogP contribution < -0.4 is 0 Å². The molecule has 0 aromatic carbocycles. The highest BCUT2D eigenvalue weighted by atomic mass is 16.3. The van der Waals surface area contributed by atoms with Gasteiger partial charge in [-0.25, -0.2) is 0 Å². The van der Waals surface area contributed by atoms with Crippen molar-refractivity contribution in [3.8, 4) is 0 Å². The van der Waals surface area contributed by atoms with Crippen LogP contribution in [0.4, 0.5) is 0 Å². The number of aliphatic hydroxyl groups excluding tert-OH is 1. The molecular formula is C15H22O2. The molecule has 0 saturated carbocycles. The zero-order chi connectivity index (χ0) is 13.0. The monoisotopic (exact) mass is 234 g/mol. The quantitative estimate of drug-likeness (QED) is 0.758. The summed E-state index contributed by atoms with van der Waals surface area (Å²) in [5, 5.41) is 9.74. The van der Waals surface area contributed by atoms with Crippen LogP contribution in [0.3, 0.4) is 0 Å². The minimum Gasteiger partial charge on any atom is -0.388 e. The van der Waals surface area contributed by atoms with Gasteiger partial charge in [0.1, 0.15) is 0 Å². The predicted octanol–water partition coefficient (Wildman–Crippen LogP) is 3.19. The lowest BCUT2D eigenvalue weighted by molar-refractivity contribution is -0.118. The number of hydrogen-bond acceptors (Lipinski definition) is 2. The van der Waals surface area contributed by atoms with Crippen molar-refractivity contribution in [2.45, 2.75) is 46.6 Å². The number of aliphatic hydroxyl groups is 1. The predicted molar refractivity (Wildman–Crippen MR) is 70.7 cm³/mol. The van der Waals surface area contributed by atoms with Gasteiger partial charge in [-0.2, -0.15) is 0 Å². The molecule has 0 saturated heterocycles. The molecule has 1 aliphatic carbocycles. The van der Waals surface area contributed by atoms with Crippen LogP contribution in [0.5, 0.6) is 0 Å². The zero-order valence-corrected chi connectivity index (χ0v) is 11.2. The van der Waals surface area contributed by atoms with E-state index in [1.807, 2.05) is 13.0 Å². The Labute approximate surface area is 104 Å². The first-order chi connectivity index (χ1) is 7.91. The topological polar surface area (TPSA) is 37.3 Å². The fourth-order valence-electron chi connectivity index (χ4n) is 2.01. The van der Waals surface area contributed by atoms with E-state index in [1.165, 1.54) is 11.1 Å². The van der Waals surface area contributed by atoms with E-state index in [4.69, 9.17) is 0 Å². The zero-order valence-electron chi connectivity index (χ0n) is 11.2. The third-order valence-corrected chi connectivity index (χ3v) is 3.04. The molecule has 2 nitrogen and oxygen atoms in total. The molecule has 0 heterocycles. The lowest BCUT2D eigenvalue weighted by Crippen LogP contribution is -2.18. The van der Waals surface area contributed by atoms with E-state index >= 15 is 0 Å². The summed E-state index contributed by atoms with van der Waals surface area (Å²) in [6.07, 6.45) is 7.05. The van der Waals surface area contributed by atoms with Crippen molar-refractivity contribution in [3.63, 3.8) is 0 Å². The van der Waals surface area contributed by atoms with Gasteiger partial charge >= 0.3 is 0 Å². The van der Waals surface area contributed by atoms with E-state index in [9.17, 15) is 9.90 Å². The average Bonchev–Trinajstić information content (AvgIpc) is 2.44. The second-order valence-electron chi connectivity index (χ2n) is 5.06. The molecule has 2 atom stereocenters. The summed E-state index contributed by atoms with van der Waals surface area (Å²) in [6, 6.07) is 0. The SMILES string of the molecule is CC(C)=CCC/C(C)=C/[C@@H]1C(=O)C(C)=C[C@H]1O. The Morgan fingerprint density at radius 3 is 2.53 bits per heavy atom. The average molecular weight is 234 g/mol. The maximum absolute atomic E-state index is 11.7. The van der Waals surface area contributed by atoms with E-state index in [1.54, 1.807) is 13.0 Å². The molecule has 0 aliphatic heterocycles. The summed E-state index contributed by atoms with van der Waals surface area (Å²) in [6.45, 7) is 7.94. The van der Waals surface area contributed by atoms with Crippen LogP contribution in [0, 0.1) is 5.92 Å². The maximum Gasteiger partial charge on any atom is 0.168 e. The fraction of sp³-hybridized carbons (Fsp3) is 0.533. The Morgan fingerprint density at radius 2 is 2.06 bits per heavy atom. The molecule has 2 heteroatoms. The molecule has 1 N–H and O–H groups in total. The first-order valence-electron chi connectivity index (χ1n) is 6.13. The summed E-state index contributed by atoms with van der Waals surface area (Å²) in [7, 11) is 0. The van der Waals surface area contributed by atoms with E-state index < -0.39 is 6.10 Å². The molecular weight excluding hydrogens is 212 g/mol. The Balaban J connectivity index is 2.58. The summed E-state index contributed by atoms with van der Waals surface area (Å²) < 4.78 is 0. The van der Waals surface area contributed by atoms with Crippen molar-refractivity contribution >= 4 is 5.78 Å². The molecule has 0 bridgehead atoms. The van der Waals surface area contributed by atoms with Gasteiger partial charge in [0.15, 0.2) is 5.78 Å². The normalized spacial score (nSPS) is 24.9. The van der Waals surface area contributed by atoms with Gasteiger partial charge in [0.05, 0.1) is 12.0 Å². The Hall–Kier alpha value is -1.15. The highest BCUT2D eigenvalue weighted by molar-refractivity contribution is 6.01. The van der Waals surface area contributed by atoms with Gasteiger partial charge in [-0.05, 0) is 52.2 Å². The number of rotatable bonds is 4. The van der Waals surface area contributed by atoms with Crippen molar-refractivity contribution in [1.29, 1.82) is 0 Å². The van der Waals surface area contributed by atoms with Crippen molar-refractivity contribution < 1.29 is 9.90 Å². The van der Waals surface area contributed by atoms with Gasteiger partial charge in [-0.1, -0.05) is 23.3 Å². The second kappa shape index (κ2) is 5.97. The van der Waals surface area contributed by atoms with Crippen LogP contribution in [0.1, 0.15) is 40.5 Å². The van der Waals surface area contributed by atoms with Crippen LogP contribution in [0.15, 0.2) is 34.9 Å². The Kier molecular flexibility index (Phi) is 4.88. The van der Waals surface area contributed by atoms with E-state index in [0.717, 1.165) is 12.8 Å². The van der Waals surface area contributed by atoms with Crippen molar-refractivity contribution in [1.82, 2.24) is 0 Å². The number of Topliss-reactive ketones (excluding diaryl/α,β-unsaturated/α-hetero) is 1. The fourth-order valence-corrected chi connectivity index (χ4v) is 2.01. The molecule has 94 valence electrons. The molecule has 1 aliphatic rings. The summed E-state index contributed by atoms with van der Waals surface area (Å²) >= 11 is 0. The largest absolute Gasteiger partial charge is 0.388 e. The summed E-state index contributed by atoms with van der Waals surface area (Å²) in [4.78, 5) is 11.7. The van der Waals surface area contributed by atoms with Gasteiger partial charge in [-0.3, -0.25) is 4.79 Å². The number of carbonyl (C=O) groups excluding carboxylic acids is 1. The van der Waals surface area contributed by atoms with Crippen molar-refractivity contribution in [2.24, 2.45) is 5.92 Å². The Morgan fingerprint density at radius 1 is 1.41 bits per heavy atom. The molecule has 0 aromatic rings. The lowest BCUT2D eigenvalue weighted by atomic mass is 9.97. The second-order valence-corrected chi connectivity index (χ2v) is 5.06. The smallest absolute Gasteiger partial charge is 0.168 e. The Bertz CT molecular complexity index is 382. The van der Waals surface area contributed by atoms with Gasteiger partial charge < -0.3 is 5.11 Å². The number of ketones is 1. The third kappa shape index (κ3) is 3.97. The number of allylic oxidation sites excluding steroid dienone is 4. The van der Waals surface area contributed by atoms with Crippen LogP contribution in [0.2, 0.25) is 0 Å². The van der Waals surface area contributed by atoms with Gasteiger partial charge in [0, 0.05) is 0 Å². The third-order valence-electron chi connectivity index (χ3n) is 3.04. The molecule has 0 unspecified atom stereocenters. The summed E-state index contributed by atoms with van der Waals surface area (Å²) in [5.41, 5.74) is 3.16. The van der Waals surface area contributed by atoms with Crippen LogP contribution in [-0.2, 0) is 4.79 Å². The van der Waals surface area contributed by atoms with Crippen LogP contribution >= 0.6 is 0 Å². The van der Waals surface area contributed by atoms with Gasteiger partial charge in [0.2, 0.25) is 0 Å². The first kappa shape index (κ1) is 13.9. The minimum absolute atomic E-state index is 0.0547. The maximum atomic E-state index is 11.7. The van der Waals surface area contributed by atoms with Crippen molar-refractivity contribution in [3.05, 3.63) is 34.9 Å². The summed E-state index contributed by atoms with van der Waals surface area (Å²) in [5.74, 6) is -0.305. The first-order valence-corrected chi connectivity index (χ1v) is 6.13. The molecule has 0 amide bonds. The number of carbonyl (C=O) groups is 1. The molecule has 0 fully saturated rings. The minimum atomic E-state index is -0.638. The van der Waals surface area contributed by atoms with Gasteiger partial charge in [-0.15, -0.1) is 0 Å². The van der Waals surface area contributed by atoms with E-state index in [-0.39, 0.29) is 11.7 Å². The molecule has 0 aromatic heterocycles. The highest BCUT2D eigenvalue weighted by Gasteiger charge is 2.30. The van der Waals surface area contributed by atoms with Crippen LogP contribution in [0.25, 0.3) is 0 Å². The highest BCUT2D eigenvalue weighted by Crippen LogP contribution is 2.24. The number of hydrogen-bond donors (Lipinski definition) is 1. The van der Waals surface area contributed by atoms with Crippen LogP contribution in [-0.4, -0.2) is 17.0 Å². The van der Waals surface area contributed by atoms with Gasteiger partial charge in [0.25, 0.3) is 0 Å². The van der Waals surface area contributed by atoms with Crippen molar-refractivity contribution in [2.75, 3.05) is 0 Å².